The van der Waals surface area contributed by atoms with Crippen molar-refractivity contribution >= 4 is 34.9 Å². The van der Waals surface area contributed by atoms with Crippen molar-refractivity contribution < 1.29 is 19.1 Å². The lowest BCUT2D eigenvalue weighted by Crippen LogP contribution is -2.24. The van der Waals surface area contributed by atoms with Gasteiger partial charge in [0.1, 0.15) is 23.4 Å². The highest BCUT2D eigenvalue weighted by Crippen LogP contribution is 2.39. The molecule has 3 aromatic rings. The molecule has 1 aliphatic rings. The third-order valence-corrected chi connectivity index (χ3v) is 5.57. The number of rotatable bonds is 7. The smallest absolute Gasteiger partial charge is 0.251 e. The maximum absolute atomic E-state index is 12.8. The van der Waals surface area contributed by atoms with E-state index in [2.05, 4.69) is 15.7 Å². The standard InChI is InChI=1S/C23H23ClN4O4/c1-4-16-21(13-6-5-7-14(24)10-13)22-26-23(30)18(28(22)27-16)12-20(29)25-17-11-15(31-2)8-9-19(17)32-3/h5-11,18H,4,12H2,1-3H3,(H,25,29)(H,26,30). The van der Waals surface area contributed by atoms with Crippen molar-refractivity contribution in [3.8, 4) is 22.6 Å². The quantitative estimate of drug-likeness (QED) is 0.555. The number of halogens is 1. The fraction of sp³-hybridized carbons (Fsp3) is 0.261. The second kappa shape index (κ2) is 8.92. The molecule has 4 rings (SSSR count). The van der Waals surface area contributed by atoms with Gasteiger partial charge in [0.25, 0.3) is 5.91 Å². The lowest BCUT2D eigenvalue weighted by atomic mass is 10.0. The molecule has 2 N–H and O–H groups in total. The van der Waals surface area contributed by atoms with Crippen LogP contribution in [0.15, 0.2) is 42.5 Å². The second-order valence-electron chi connectivity index (χ2n) is 7.30. The zero-order chi connectivity index (χ0) is 22.8. The van der Waals surface area contributed by atoms with Crippen molar-refractivity contribution in [2.45, 2.75) is 25.8 Å². The largest absolute Gasteiger partial charge is 0.497 e. The van der Waals surface area contributed by atoms with Gasteiger partial charge in [-0.2, -0.15) is 5.10 Å². The predicted molar refractivity (Wildman–Crippen MR) is 123 cm³/mol. The average molecular weight is 455 g/mol. The number of nitrogens with one attached hydrogen (secondary N) is 2. The molecule has 2 aromatic carbocycles. The van der Waals surface area contributed by atoms with E-state index in [1.54, 1.807) is 36.1 Å². The summed E-state index contributed by atoms with van der Waals surface area (Å²) in [5.41, 5.74) is 2.97. The number of hydrogen-bond donors (Lipinski definition) is 2. The zero-order valence-corrected chi connectivity index (χ0v) is 18.7. The minimum Gasteiger partial charge on any atom is -0.497 e. The van der Waals surface area contributed by atoms with Crippen molar-refractivity contribution in [3.63, 3.8) is 0 Å². The third-order valence-electron chi connectivity index (χ3n) is 5.33. The van der Waals surface area contributed by atoms with Gasteiger partial charge in [-0.3, -0.25) is 9.59 Å². The van der Waals surface area contributed by atoms with Gasteiger partial charge in [-0.1, -0.05) is 30.7 Å². The van der Waals surface area contributed by atoms with E-state index in [9.17, 15) is 9.59 Å². The van der Waals surface area contributed by atoms with Crippen LogP contribution in [0.25, 0.3) is 11.1 Å². The molecule has 0 fully saturated rings. The molecular weight excluding hydrogens is 432 g/mol. The normalized spacial score (nSPS) is 14.6. The van der Waals surface area contributed by atoms with Crippen LogP contribution in [-0.2, 0) is 16.0 Å². The Bertz CT molecular complexity index is 1190. The molecule has 0 saturated heterocycles. The van der Waals surface area contributed by atoms with Gasteiger partial charge in [0.2, 0.25) is 5.91 Å². The van der Waals surface area contributed by atoms with Gasteiger partial charge in [-0.25, -0.2) is 4.68 Å². The summed E-state index contributed by atoms with van der Waals surface area (Å²) in [5, 5.41) is 10.9. The maximum Gasteiger partial charge on any atom is 0.251 e. The van der Waals surface area contributed by atoms with Crippen molar-refractivity contribution in [1.82, 2.24) is 9.78 Å². The van der Waals surface area contributed by atoms with Crippen molar-refractivity contribution in [2.24, 2.45) is 0 Å². The number of benzene rings is 2. The van der Waals surface area contributed by atoms with Crippen LogP contribution in [0.1, 0.15) is 25.1 Å². The molecular formula is C23H23ClN4O4. The van der Waals surface area contributed by atoms with Crippen molar-refractivity contribution in [3.05, 3.63) is 53.2 Å². The van der Waals surface area contributed by atoms with E-state index in [0.29, 0.717) is 34.4 Å². The molecule has 2 amide bonds. The van der Waals surface area contributed by atoms with E-state index >= 15 is 0 Å². The first-order valence-corrected chi connectivity index (χ1v) is 10.5. The average Bonchev–Trinajstić information content (AvgIpc) is 3.28. The molecule has 0 spiro atoms. The molecule has 0 saturated carbocycles. The summed E-state index contributed by atoms with van der Waals surface area (Å²) in [6.07, 6.45) is 0.580. The first-order chi connectivity index (χ1) is 15.4. The summed E-state index contributed by atoms with van der Waals surface area (Å²) in [4.78, 5) is 25.6. The Morgan fingerprint density at radius 2 is 2.03 bits per heavy atom. The molecule has 32 heavy (non-hydrogen) atoms. The van der Waals surface area contributed by atoms with E-state index < -0.39 is 6.04 Å². The summed E-state index contributed by atoms with van der Waals surface area (Å²) < 4.78 is 12.1. The van der Waals surface area contributed by atoms with E-state index in [1.807, 2.05) is 25.1 Å². The highest BCUT2D eigenvalue weighted by atomic mass is 35.5. The van der Waals surface area contributed by atoms with Crippen LogP contribution in [-0.4, -0.2) is 35.8 Å². The van der Waals surface area contributed by atoms with E-state index in [4.69, 9.17) is 21.1 Å². The first kappa shape index (κ1) is 21.7. The van der Waals surface area contributed by atoms with Crippen LogP contribution >= 0.6 is 11.6 Å². The Morgan fingerprint density at radius 3 is 2.72 bits per heavy atom. The van der Waals surface area contributed by atoms with Gasteiger partial charge in [0.15, 0.2) is 0 Å². The molecule has 1 aromatic heterocycles. The monoisotopic (exact) mass is 454 g/mol. The fourth-order valence-electron chi connectivity index (χ4n) is 3.80. The summed E-state index contributed by atoms with van der Waals surface area (Å²) in [6, 6.07) is 11.7. The van der Waals surface area contributed by atoms with Gasteiger partial charge in [0.05, 0.1) is 32.0 Å². The molecule has 0 radical (unpaired) electrons. The number of hydrogen-bond acceptors (Lipinski definition) is 5. The molecule has 1 atom stereocenters. The minimum atomic E-state index is -0.764. The Labute approximate surface area is 190 Å². The summed E-state index contributed by atoms with van der Waals surface area (Å²) >= 11 is 6.17. The van der Waals surface area contributed by atoms with Crippen LogP contribution in [0.2, 0.25) is 5.02 Å². The molecule has 8 nitrogen and oxygen atoms in total. The number of aromatic nitrogens is 2. The third kappa shape index (κ3) is 4.01. The number of nitrogens with zero attached hydrogens (tertiary/aromatic N) is 2. The Balaban J connectivity index is 1.61. The van der Waals surface area contributed by atoms with Gasteiger partial charge >= 0.3 is 0 Å². The topological polar surface area (TPSA) is 94.5 Å². The Morgan fingerprint density at radius 1 is 1.22 bits per heavy atom. The number of aryl methyl sites for hydroxylation is 1. The fourth-order valence-corrected chi connectivity index (χ4v) is 3.99. The van der Waals surface area contributed by atoms with Crippen LogP contribution in [0, 0.1) is 0 Å². The van der Waals surface area contributed by atoms with Crippen LogP contribution in [0.3, 0.4) is 0 Å². The molecule has 0 aliphatic carbocycles. The highest BCUT2D eigenvalue weighted by molar-refractivity contribution is 6.30. The van der Waals surface area contributed by atoms with Gasteiger partial charge in [-0.15, -0.1) is 0 Å². The highest BCUT2D eigenvalue weighted by Gasteiger charge is 2.36. The molecule has 2 heterocycles. The Kier molecular flexibility index (Phi) is 6.05. The van der Waals surface area contributed by atoms with Gasteiger partial charge in [-0.05, 0) is 36.2 Å². The number of fused-ring (bicyclic) bond motifs is 1. The first-order valence-electron chi connectivity index (χ1n) is 10.1. The molecule has 0 bridgehead atoms. The number of carbonyl (C=O) groups is 2. The van der Waals surface area contributed by atoms with Crippen LogP contribution in [0.5, 0.6) is 11.5 Å². The lowest BCUT2D eigenvalue weighted by Gasteiger charge is -2.13. The number of anilines is 2. The predicted octanol–water partition coefficient (Wildman–Crippen LogP) is 4.31. The van der Waals surface area contributed by atoms with Crippen LogP contribution < -0.4 is 20.1 Å². The molecule has 166 valence electrons. The van der Waals surface area contributed by atoms with E-state index in [-0.39, 0.29) is 18.2 Å². The van der Waals surface area contributed by atoms with E-state index in [1.165, 1.54) is 7.11 Å². The zero-order valence-electron chi connectivity index (χ0n) is 17.9. The number of amides is 2. The van der Waals surface area contributed by atoms with Gasteiger partial charge in [0, 0.05) is 16.7 Å². The van der Waals surface area contributed by atoms with Crippen LogP contribution in [0.4, 0.5) is 11.5 Å². The van der Waals surface area contributed by atoms with Crippen molar-refractivity contribution in [2.75, 3.05) is 24.9 Å². The molecule has 1 aliphatic heterocycles. The van der Waals surface area contributed by atoms with E-state index in [0.717, 1.165) is 16.8 Å². The summed E-state index contributed by atoms with van der Waals surface area (Å²) in [5.74, 6) is 1.01. The summed E-state index contributed by atoms with van der Waals surface area (Å²) in [6.45, 7) is 1.99. The van der Waals surface area contributed by atoms with Gasteiger partial charge < -0.3 is 20.1 Å². The maximum atomic E-state index is 12.8. The SMILES string of the molecule is CCc1nn2c(c1-c1cccc(Cl)c1)NC(=O)C2CC(=O)Nc1cc(OC)ccc1OC. The number of carbonyl (C=O) groups excluding carboxylic acids is 2. The summed E-state index contributed by atoms with van der Waals surface area (Å²) in [7, 11) is 3.06. The number of ether oxygens (including phenoxy) is 2. The molecule has 1 unspecified atom stereocenters. The minimum absolute atomic E-state index is 0.0843. The number of methoxy groups -OCH3 is 2. The Hall–Kier alpha value is -3.52. The lowest BCUT2D eigenvalue weighted by molar-refractivity contribution is -0.123. The molecule has 9 heteroatoms. The second-order valence-corrected chi connectivity index (χ2v) is 7.74. The van der Waals surface area contributed by atoms with Crippen molar-refractivity contribution in [1.29, 1.82) is 0 Å².